The van der Waals surface area contributed by atoms with Crippen molar-refractivity contribution in [2.45, 2.75) is 38.8 Å². The van der Waals surface area contributed by atoms with Crippen LogP contribution in [0.2, 0.25) is 0 Å². The lowest BCUT2D eigenvalue weighted by Crippen LogP contribution is -2.41. The third-order valence-corrected chi connectivity index (χ3v) is 3.45. The van der Waals surface area contributed by atoms with Gasteiger partial charge in [0.15, 0.2) is 0 Å². The molecule has 4 nitrogen and oxygen atoms in total. The molecule has 1 aliphatic rings. The molecule has 0 aliphatic carbocycles. The minimum absolute atomic E-state index is 0.0101. The van der Waals surface area contributed by atoms with Crippen molar-refractivity contribution in [1.29, 1.82) is 0 Å². The maximum Gasteiger partial charge on any atom is 0.411 e. The van der Waals surface area contributed by atoms with E-state index in [1.54, 1.807) is 4.90 Å². The molecule has 1 saturated heterocycles. The first-order valence-electron chi connectivity index (χ1n) is 7.55. The minimum Gasteiger partial charge on any atom is -0.372 e. The van der Waals surface area contributed by atoms with Gasteiger partial charge < -0.3 is 15.0 Å². The summed E-state index contributed by atoms with van der Waals surface area (Å²) in [6.45, 7) is 3.76. The molecule has 1 unspecified atom stereocenters. The Bertz CT molecular complexity index is 305. The zero-order valence-electron chi connectivity index (χ0n) is 12.5. The number of carbonyl (C=O) groups excluding carboxylic acids is 1. The number of carbonyl (C=O) groups is 1. The fourth-order valence-electron chi connectivity index (χ4n) is 2.48. The predicted molar refractivity (Wildman–Crippen MR) is 74.0 cm³/mol. The lowest BCUT2D eigenvalue weighted by atomic mass is 9.99. The average Bonchev–Trinajstić information content (AvgIpc) is 2.43. The van der Waals surface area contributed by atoms with Crippen molar-refractivity contribution in [3.8, 4) is 0 Å². The number of rotatable bonds is 8. The zero-order valence-corrected chi connectivity index (χ0v) is 12.5. The molecular weight excluding hydrogens is 285 g/mol. The summed E-state index contributed by atoms with van der Waals surface area (Å²) in [6, 6.07) is 0. The monoisotopic (exact) mass is 310 g/mol. The fraction of sp³-hybridized carbons (Fsp3) is 0.929. The molecule has 0 aromatic carbocycles. The van der Waals surface area contributed by atoms with E-state index in [0.717, 1.165) is 32.4 Å². The van der Waals surface area contributed by atoms with Crippen LogP contribution in [0.3, 0.4) is 0 Å². The van der Waals surface area contributed by atoms with Gasteiger partial charge in [0.25, 0.3) is 0 Å². The van der Waals surface area contributed by atoms with Crippen LogP contribution in [-0.2, 0) is 9.53 Å². The number of nitrogens with zero attached hydrogens (tertiary/aromatic N) is 1. The van der Waals surface area contributed by atoms with Crippen molar-refractivity contribution >= 4 is 5.91 Å². The van der Waals surface area contributed by atoms with Crippen molar-refractivity contribution in [2.75, 3.05) is 39.4 Å². The van der Waals surface area contributed by atoms with Crippen LogP contribution in [0.15, 0.2) is 0 Å². The average molecular weight is 310 g/mol. The minimum atomic E-state index is -4.33. The van der Waals surface area contributed by atoms with Gasteiger partial charge in [-0.15, -0.1) is 0 Å². The first-order chi connectivity index (χ1) is 9.92. The van der Waals surface area contributed by atoms with Crippen LogP contribution in [0.1, 0.15) is 32.6 Å². The topological polar surface area (TPSA) is 41.6 Å². The van der Waals surface area contributed by atoms with E-state index >= 15 is 0 Å². The fourth-order valence-corrected chi connectivity index (χ4v) is 2.48. The van der Waals surface area contributed by atoms with Crippen molar-refractivity contribution < 1.29 is 22.7 Å². The van der Waals surface area contributed by atoms with E-state index in [1.165, 1.54) is 0 Å². The third kappa shape index (κ3) is 8.26. The normalized spacial score (nSPS) is 19.5. The van der Waals surface area contributed by atoms with Gasteiger partial charge in [-0.25, -0.2) is 0 Å². The van der Waals surface area contributed by atoms with Gasteiger partial charge in [-0.3, -0.25) is 4.79 Å². The summed E-state index contributed by atoms with van der Waals surface area (Å²) in [5, 5.41) is 3.30. The first kappa shape index (κ1) is 18.2. The summed E-state index contributed by atoms with van der Waals surface area (Å²) < 4.78 is 40.3. The molecule has 0 saturated carbocycles. The largest absolute Gasteiger partial charge is 0.411 e. The van der Waals surface area contributed by atoms with Crippen molar-refractivity contribution in [3.63, 3.8) is 0 Å². The molecule has 1 atom stereocenters. The smallest absolute Gasteiger partial charge is 0.372 e. The van der Waals surface area contributed by atoms with Gasteiger partial charge in [0.05, 0.1) is 13.0 Å². The second kappa shape index (κ2) is 9.25. The van der Waals surface area contributed by atoms with Crippen molar-refractivity contribution in [1.82, 2.24) is 10.2 Å². The number of piperidine rings is 1. The van der Waals surface area contributed by atoms with Gasteiger partial charge in [0, 0.05) is 13.1 Å². The molecule has 1 rings (SSSR count). The van der Waals surface area contributed by atoms with Crippen LogP contribution < -0.4 is 5.32 Å². The van der Waals surface area contributed by atoms with E-state index in [9.17, 15) is 18.0 Å². The molecule has 0 spiro atoms. The van der Waals surface area contributed by atoms with Crippen LogP contribution in [0.4, 0.5) is 13.2 Å². The van der Waals surface area contributed by atoms with Gasteiger partial charge in [0.2, 0.25) is 5.91 Å². The highest BCUT2D eigenvalue weighted by molar-refractivity contribution is 5.76. The molecule has 1 aliphatic heterocycles. The molecule has 21 heavy (non-hydrogen) atoms. The third-order valence-electron chi connectivity index (χ3n) is 3.45. The van der Waals surface area contributed by atoms with Crippen LogP contribution in [0, 0.1) is 5.92 Å². The van der Waals surface area contributed by atoms with E-state index < -0.39 is 12.8 Å². The molecule has 0 aromatic heterocycles. The van der Waals surface area contributed by atoms with E-state index in [0.29, 0.717) is 19.0 Å². The highest BCUT2D eigenvalue weighted by atomic mass is 19.4. The molecule has 0 radical (unpaired) electrons. The maximum atomic E-state index is 12.1. The number of ether oxygens (including phenoxy) is 1. The van der Waals surface area contributed by atoms with Crippen LogP contribution in [0.5, 0.6) is 0 Å². The molecular formula is C14H25F3N2O2. The Balaban J connectivity index is 2.31. The van der Waals surface area contributed by atoms with E-state index in [4.69, 9.17) is 0 Å². The standard InChI is InChI=1S/C14H25F3N2O2/c1-2-7-19(10-12-4-3-6-18-9-12)13(20)5-8-21-11-14(15,16)17/h12,18H,2-11H2,1H3. The van der Waals surface area contributed by atoms with E-state index in [2.05, 4.69) is 10.1 Å². The summed E-state index contributed by atoms with van der Waals surface area (Å²) >= 11 is 0. The summed E-state index contributed by atoms with van der Waals surface area (Å²) in [5.74, 6) is 0.315. The van der Waals surface area contributed by atoms with E-state index in [-0.39, 0.29) is 18.9 Å². The molecule has 124 valence electrons. The van der Waals surface area contributed by atoms with Crippen LogP contribution in [-0.4, -0.2) is 56.4 Å². The Morgan fingerprint density at radius 3 is 2.76 bits per heavy atom. The lowest BCUT2D eigenvalue weighted by molar-refractivity contribution is -0.175. The highest BCUT2D eigenvalue weighted by Crippen LogP contribution is 2.15. The summed E-state index contributed by atoms with van der Waals surface area (Å²) in [7, 11) is 0. The molecule has 0 aromatic rings. The number of alkyl halides is 3. The summed E-state index contributed by atoms with van der Waals surface area (Å²) in [6.07, 6.45) is -1.29. The first-order valence-corrected chi connectivity index (χ1v) is 7.55. The Hall–Kier alpha value is -0.820. The second-order valence-corrected chi connectivity index (χ2v) is 5.47. The zero-order chi connectivity index (χ0) is 15.7. The predicted octanol–water partition coefficient (Wildman–Crippen LogP) is 2.19. The molecule has 1 N–H and O–H groups in total. The van der Waals surface area contributed by atoms with Gasteiger partial charge in [-0.1, -0.05) is 6.92 Å². The number of hydrogen-bond donors (Lipinski definition) is 1. The molecule has 0 bridgehead atoms. The Morgan fingerprint density at radius 2 is 2.19 bits per heavy atom. The lowest BCUT2D eigenvalue weighted by Gasteiger charge is -2.30. The van der Waals surface area contributed by atoms with Gasteiger partial charge in [-0.2, -0.15) is 13.2 Å². The molecule has 1 fully saturated rings. The Labute approximate surface area is 124 Å². The van der Waals surface area contributed by atoms with Crippen molar-refractivity contribution in [2.24, 2.45) is 5.92 Å². The molecule has 1 heterocycles. The van der Waals surface area contributed by atoms with Gasteiger partial charge >= 0.3 is 6.18 Å². The van der Waals surface area contributed by atoms with Crippen molar-refractivity contribution in [3.05, 3.63) is 0 Å². The number of halogens is 3. The second-order valence-electron chi connectivity index (χ2n) is 5.47. The van der Waals surface area contributed by atoms with Gasteiger partial charge in [0.1, 0.15) is 6.61 Å². The Kier molecular flexibility index (Phi) is 8.03. The van der Waals surface area contributed by atoms with Crippen LogP contribution in [0.25, 0.3) is 0 Å². The summed E-state index contributed by atoms with van der Waals surface area (Å²) in [5.41, 5.74) is 0. The quantitative estimate of drug-likeness (QED) is 0.699. The number of nitrogens with one attached hydrogen (secondary N) is 1. The van der Waals surface area contributed by atoms with Gasteiger partial charge in [-0.05, 0) is 38.3 Å². The maximum absolute atomic E-state index is 12.1. The molecule has 1 amide bonds. The van der Waals surface area contributed by atoms with Crippen LogP contribution >= 0.6 is 0 Å². The number of hydrogen-bond acceptors (Lipinski definition) is 3. The highest BCUT2D eigenvalue weighted by Gasteiger charge is 2.27. The SMILES string of the molecule is CCCN(CC1CCCNC1)C(=O)CCOCC(F)(F)F. The molecule has 7 heteroatoms. The Morgan fingerprint density at radius 1 is 1.43 bits per heavy atom. The number of amides is 1. The summed E-state index contributed by atoms with van der Waals surface area (Å²) in [4.78, 5) is 13.8. The van der Waals surface area contributed by atoms with E-state index in [1.807, 2.05) is 6.92 Å².